The molecule has 29 heavy (non-hydrogen) atoms. The number of carbonyl (C=O) groups excluding carboxylic acids is 3. The van der Waals surface area contributed by atoms with Gasteiger partial charge in [0, 0.05) is 36.3 Å². The number of nitro groups is 1. The maximum absolute atomic E-state index is 12.4. The Bertz CT molecular complexity index is 987. The summed E-state index contributed by atoms with van der Waals surface area (Å²) in [5.74, 6) is -1.83. The van der Waals surface area contributed by atoms with Gasteiger partial charge in [-0.05, 0) is 49.2 Å². The first-order chi connectivity index (χ1) is 13.8. The molecule has 1 fully saturated rings. The zero-order valence-corrected chi connectivity index (χ0v) is 16.0. The topological polar surface area (TPSA) is 122 Å². The highest BCUT2D eigenvalue weighted by Gasteiger charge is 2.35. The lowest BCUT2D eigenvalue weighted by atomic mass is 10.1. The summed E-state index contributed by atoms with van der Waals surface area (Å²) in [5.41, 5.74) is 7.53. The lowest BCUT2D eigenvalue weighted by Crippen LogP contribution is -2.45. The maximum Gasteiger partial charge on any atom is 0.269 e. The van der Waals surface area contributed by atoms with Crippen molar-refractivity contribution < 1.29 is 19.3 Å². The second kappa shape index (κ2) is 8.09. The van der Waals surface area contributed by atoms with Gasteiger partial charge in [0.05, 0.1) is 10.8 Å². The van der Waals surface area contributed by atoms with Gasteiger partial charge in [0.1, 0.15) is 0 Å². The predicted molar refractivity (Wildman–Crippen MR) is 105 cm³/mol. The van der Waals surface area contributed by atoms with Gasteiger partial charge in [-0.1, -0.05) is 6.07 Å². The fourth-order valence-electron chi connectivity index (χ4n) is 3.05. The van der Waals surface area contributed by atoms with Crippen LogP contribution in [0.3, 0.4) is 0 Å². The SMILES string of the molecule is Cc1ccc(N2C[C@H](C(=O)NNC(=O)c3ccc([N+](=O)[O-])cc3)CC2=O)cc1C. The lowest BCUT2D eigenvalue weighted by Gasteiger charge is -2.18. The van der Waals surface area contributed by atoms with Crippen LogP contribution in [0.5, 0.6) is 0 Å². The largest absolute Gasteiger partial charge is 0.312 e. The molecule has 3 amide bonds. The number of hydrogen-bond donors (Lipinski definition) is 2. The number of nitrogens with one attached hydrogen (secondary N) is 2. The van der Waals surface area contributed by atoms with E-state index in [1.807, 2.05) is 32.0 Å². The van der Waals surface area contributed by atoms with Gasteiger partial charge >= 0.3 is 0 Å². The summed E-state index contributed by atoms with van der Waals surface area (Å²) in [6.07, 6.45) is 0.0478. The fourth-order valence-corrected chi connectivity index (χ4v) is 3.05. The van der Waals surface area contributed by atoms with Crippen molar-refractivity contribution in [1.29, 1.82) is 0 Å². The first-order valence-electron chi connectivity index (χ1n) is 8.98. The molecule has 2 N–H and O–H groups in total. The first kappa shape index (κ1) is 20.0. The minimum atomic E-state index is -0.608. The Kier molecular flexibility index (Phi) is 5.58. The lowest BCUT2D eigenvalue weighted by molar-refractivity contribution is -0.384. The number of hydrogen-bond acceptors (Lipinski definition) is 5. The Labute approximate surface area is 166 Å². The van der Waals surface area contributed by atoms with E-state index in [-0.39, 0.29) is 30.1 Å². The molecule has 150 valence electrons. The molecular formula is C20H20N4O5. The number of amides is 3. The molecule has 1 heterocycles. The molecule has 9 nitrogen and oxygen atoms in total. The average Bonchev–Trinajstić information content (AvgIpc) is 3.09. The quantitative estimate of drug-likeness (QED) is 0.605. The molecule has 0 aliphatic carbocycles. The predicted octanol–water partition coefficient (Wildman–Crippen LogP) is 2.03. The van der Waals surface area contributed by atoms with Gasteiger partial charge in [-0.15, -0.1) is 0 Å². The zero-order chi connectivity index (χ0) is 21.1. The Morgan fingerprint density at radius 2 is 1.76 bits per heavy atom. The van der Waals surface area contributed by atoms with Crippen LogP contribution in [-0.4, -0.2) is 29.2 Å². The van der Waals surface area contributed by atoms with Crippen molar-refractivity contribution in [1.82, 2.24) is 10.9 Å². The highest BCUT2D eigenvalue weighted by Crippen LogP contribution is 2.26. The molecule has 0 radical (unpaired) electrons. The molecule has 3 rings (SSSR count). The van der Waals surface area contributed by atoms with Gasteiger partial charge in [0.15, 0.2) is 0 Å². The molecule has 0 saturated carbocycles. The van der Waals surface area contributed by atoms with E-state index >= 15 is 0 Å². The smallest absolute Gasteiger partial charge is 0.269 e. The van der Waals surface area contributed by atoms with Crippen molar-refractivity contribution in [3.8, 4) is 0 Å². The van der Waals surface area contributed by atoms with E-state index in [2.05, 4.69) is 10.9 Å². The molecule has 1 atom stereocenters. The maximum atomic E-state index is 12.4. The van der Waals surface area contributed by atoms with Crippen molar-refractivity contribution >= 4 is 29.1 Å². The van der Waals surface area contributed by atoms with E-state index in [1.54, 1.807) is 4.90 Å². The number of aryl methyl sites for hydroxylation is 2. The summed E-state index contributed by atoms with van der Waals surface area (Å²) in [4.78, 5) is 48.4. The molecule has 0 unspecified atom stereocenters. The minimum absolute atomic E-state index is 0.0478. The zero-order valence-electron chi connectivity index (χ0n) is 16.0. The standard InChI is InChI=1S/C20H20N4O5/c1-12-3-6-17(9-13(12)2)23-11-15(10-18(23)25)20(27)22-21-19(26)14-4-7-16(8-5-14)24(28)29/h3-9,15H,10-11H2,1-2H3,(H,21,26)(H,22,27)/t15-/m1/s1. The van der Waals surface area contributed by atoms with Crippen LogP contribution >= 0.6 is 0 Å². The molecular weight excluding hydrogens is 376 g/mol. The second-order valence-electron chi connectivity index (χ2n) is 6.92. The highest BCUT2D eigenvalue weighted by atomic mass is 16.6. The van der Waals surface area contributed by atoms with Crippen molar-refractivity contribution in [2.45, 2.75) is 20.3 Å². The van der Waals surface area contributed by atoms with Gasteiger partial charge in [0.2, 0.25) is 11.8 Å². The van der Waals surface area contributed by atoms with E-state index in [9.17, 15) is 24.5 Å². The molecule has 2 aromatic rings. The van der Waals surface area contributed by atoms with Crippen molar-refractivity contribution in [3.05, 3.63) is 69.3 Å². The van der Waals surface area contributed by atoms with E-state index in [0.29, 0.717) is 0 Å². The number of non-ortho nitro benzene ring substituents is 1. The summed E-state index contributed by atoms with van der Waals surface area (Å²) in [6.45, 7) is 4.16. The molecule has 0 aromatic heterocycles. The monoisotopic (exact) mass is 396 g/mol. The Morgan fingerprint density at radius 3 is 2.38 bits per heavy atom. The van der Waals surface area contributed by atoms with Crippen LogP contribution in [-0.2, 0) is 9.59 Å². The summed E-state index contributed by atoms with van der Waals surface area (Å²) in [6, 6.07) is 10.7. The molecule has 1 aliphatic rings. The van der Waals surface area contributed by atoms with Crippen molar-refractivity contribution in [2.75, 3.05) is 11.4 Å². The van der Waals surface area contributed by atoms with Crippen LogP contribution in [0.25, 0.3) is 0 Å². The van der Waals surface area contributed by atoms with Gasteiger partial charge in [-0.25, -0.2) is 0 Å². The van der Waals surface area contributed by atoms with Crippen LogP contribution in [0.15, 0.2) is 42.5 Å². The Balaban J connectivity index is 1.58. The number of rotatable bonds is 4. The minimum Gasteiger partial charge on any atom is -0.312 e. The number of nitrogens with zero attached hydrogens (tertiary/aromatic N) is 2. The second-order valence-corrected chi connectivity index (χ2v) is 6.92. The van der Waals surface area contributed by atoms with Gasteiger partial charge < -0.3 is 4.90 Å². The molecule has 0 spiro atoms. The molecule has 1 aliphatic heterocycles. The van der Waals surface area contributed by atoms with Crippen molar-refractivity contribution in [2.24, 2.45) is 5.92 Å². The number of nitro benzene ring substituents is 1. The number of hydrazine groups is 1. The molecule has 1 saturated heterocycles. The van der Waals surface area contributed by atoms with E-state index in [1.165, 1.54) is 24.3 Å². The summed E-state index contributed by atoms with van der Waals surface area (Å²) < 4.78 is 0. The third-order valence-corrected chi connectivity index (χ3v) is 4.94. The van der Waals surface area contributed by atoms with Crippen molar-refractivity contribution in [3.63, 3.8) is 0 Å². The van der Waals surface area contributed by atoms with E-state index in [4.69, 9.17) is 0 Å². The summed E-state index contributed by atoms with van der Waals surface area (Å²) in [7, 11) is 0. The Morgan fingerprint density at radius 1 is 1.07 bits per heavy atom. The van der Waals surface area contributed by atoms with Crippen LogP contribution in [0, 0.1) is 29.9 Å². The number of carbonyl (C=O) groups is 3. The number of benzene rings is 2. The Hall–Kier alpha value is -3.75. The molecule has 9 heteroatoms. The summed E-state index contributed by atoms with van der Waals surface area (Å²) >= 11 is 0. The van der Waals surface area contributed by atoms with Crippen LogP contribution in [0.4, 0.5) is 11.4 Å². The van der Waals surface area contributed by atoms with E-state index < -0.39 is 22.7 Å². The third kappa shape index (κ3) is 4.40. The average molecular weight is 396 g/mol. The fraction of sp³-hybridized carbons (Fsp3) is 0.250. The van der Waals surface area contributed by atoms with Gasteiger partial charge in [-0.2, -0.15) is 0 Å². The highest BCUT2D eigenvalue weighted by molar-refractivity contribution is 6.01. The van der Waals surface area contributed by atoms with Gasteiger partial charge in [-0.3, -0.25) is 35.3 Å². The normalized spacial score (nSPS) is 15.9. The molecule has 0 bridgehead atoms. The first-order valence-corrected chi connectivity index (χ1v) is 8.98. The van der Waals surface area contributed by atoms with Crippen LogP contribution < -0.4 is 15.8 Å². The molecule has 2 aromatic carbocycles. The van der Waals surface area contributed by atoms with E-state index in [0.717, 1.165) is 16.8 Å². The number of anilines is 1. The van der Waals surface area contributed by atoms with Crippen LogP contribution in [0.2, 0.25) is 0 Å². The third-order valence-electron chi connectivity index (χ3n) is 4.94. The summed E-state index contributed by atoms with van der Waals surface area (Å²) in [5, 5.41) is 10.7. The van der Waals surface area contributed by atoms with Gasteiger partial charge in [0.25, 0.3) is 11.6 Å². The van der Waals surface area contributed by atoms with Crippen LogP contribution in [0.1, 0.15) is 27.9 Å².